The van der Waals surface area contributed by atoms with Gasteiger partial charge in [0.05, 0.1) is 6.54 Å². The first-order valence-corrected chi connectivity index (χ1v) is 6.65. The van der Waals surface area contributed by atoms with Crippen molar-refractivity contribution in [3.8, 4) is 0 Å². The molecule has 0 bridgehead atoms. The zero-order valence-corrected chi connectivity index (χ0v) is 11.7. The van der Waals surface area contributed by atoms with Gasteiger partial charge in [-0.05, 0) is 52.7 Å². The molecule has 0 aliphatic carbocycles. The molecule has 4 nitrogen and oxygen atoms in total. The molecule has 1 aliphatic heterocycles. The number of carbonyl (C=O) groups is 1. The summed E-state index contributed by atoms with van der Waals surface area (Å²) in [4.78, 5) is 15.9. The van der Waals surface area contributed by atoms with Gasteiger partial charge in [0.25, 0.3) is 0 Å². The second-order valence-electron chi connectivity index (χ2n) is 5.49. The third-order valence-electron chi connectivity index (χ3n) is 3.60. The van der Waals surface area contributed by atoms with Crippen LogP contribution in [0.15, 0.2) is 0 Å². The minimum absolute atomic E-state index is 0.219. The summed E-state index contributed by atoms with van der Waals surface area (Å²) in [5.41, 5.74) is 0. The molecule has 1 fully saturated rings. The SMILES string of the molecule is CC(C)N(C)C(=O)CN(C)CC1CCNCC1. The molecule has 4 heteroatoms. The third kappa shape index (κ3) is 5.04. The van der Waals surface area contributed by atoms with Gasteiger partial charge in [0.2, 0.25) is 5.91 Å². The molecule has 1 amide bonds. The van der Waals surface area contributed by atoms with Gasteiger partial charge in [-0.15, -0.1) is 0 Å². The van der Waals surface area contributed by atoms with Crippen LogP contribution in [0.3, 0.4) is 0 Å². The van der Waals surface area contributed by atoms with Crippen LogP contribution in [0, 0.1) is 5.92 Å². The van der Waals surface area contributed by atoms with Crippen LogP contribution < -0.4 is 5.32 Å². The third-order valence-corrected chi connectivity index (χ3v) is 3.60. The average molecular weight is 241 g/mol. The van der Waals surface area contributed by atoms with Gasteiger partial charge < -0.3 is 10.2 Å². The molecule has 1 N–H and O–H groups in total. The number of piperidine rings is 1. The van der Waals surface area contributed by atoms with E-state index in [-0.39, 0.29) is 11.9 Å². The Labute approximate surface area is 105 Å². The first-order valence-electron chi connectivity index (χ1n) is 6.65. The average Bonchev–Trinajstić information content (AvgIpc) is 2.28. The van der Waals surface area contributed by atoms with E-state index in [9.17, 15) is 4.79 Å². The highest BCUT2D eigenvalue weighted by Crippen LogP contribution is 2.12. The molecule has 0 aromatic carbocycles. The van der Waals surface area contributed by atoms with Gasteiger partial charge in [-0.1, -0.05) is 0 Å². The van der Waals surface area contributed by atoms with E-state index in [1.54, 1.807) is 0 Å². The number of nitrogens with one attached hydrogen (secondary N) is 1. The van der Waals surface area contributed by atoms with Gasteiger partial charge in [-0.3, -0.25) is 9.69 Å². The molecule has 0 saturated carbocycles. The molecule has 1 aliphatic rings. The van der Waals surface area contributed by atoms with Crippen molar-refractivity contribution >= 4 is 5.91 Å². The molecule has 0 atom stereocenters. The highest BCUT2D eigenvalue weighted by molar-refractivity contribution is 5.78. The Morgan fingerprint density at radius 1 is 1.29 bits per heavy atom. The van der Waals surface area contributed by atoms with Gasteiger partial charge in [-0.2, -0.15) is 0 Å². The van der Waals surface area contributed by atoms with Crippen molar-refractivity contribution in [2.24, 2.45) is 5.92 Å². The Hall–Kier alpha value is -0.610. The fraction of sp³-hybridized carbons (Fsp3) is 0.923. The molecular formula is C13H27N3O. The normalized spacial score (nSPS) is 17.8. The first-order chi connectivity index (χ1) is 8.00. The molecule has 0 radical (unpaired) electrons. The van der Waals surface area contributed by atoms with E-state index in [4.69, 9.17) is 0 Å². The first kappa shape index (κ1) is 14.5. The van der Waals surface area contributed by atoms with E-state index in [0.29, 0.717) is 6.54 Å². The summed E-state index contributed by atoms with van der Waals surface area (Å²) in [6.45, 7) is 7.92. The van der Waals surface area contributed by atoms with E-state index < -0.39 is 0 Å². The number of rotatable bonds is 5. The molecule has 0 spiro atoms. The number of carbonyl (C=O) groups excluding carboxylic acids is 1. The largest absolute Gasteiger partial charge is 0.342 e. The number of nitrogens with zero attached hydrogens (tertiary/aromatic N) is 2. The molecule has 1 rings (SSSR count). The lowest BCUT2D eigenvalue weighted by Crippen LogP contribution is -2.42. The molecule has 0 unspecified atom stereocenters. The Morgan fingerprint density at radius 2 is 1.88 bits per heavy atom. The minimum atomic E-state index is 0.219. The zero-order valence-electron chi connectivity index (χ0n) is 11.7. The molecule has 100 valence electrons. The Bertz CT molecular complexity index is 237. The maximum atomic E-state index is 11.9. The standard InChI is InChI=1S/C13H27N3O/c1-11(2)16(4)13(17)10-15(3)9-12-5-7-14-8-6-12/h11-12,14H,5-10H2,1-4H3. The summed E-state index contributed by atoms with van der Waals surface area (Å²) in [5, 5.41) is 3.37. The van der Waals surface area contributed by atoms with E-state index in [1.807, 2.05) is 32.8 Å². The lowest BCUT2D eigenvalue weighted by atomic mass is 9.98. The van der Waals surface area contributed by atoms with Gasteiger partial charge in [0.15, 0.2) is 0 Å². The molecule has 1 saturated heterocycles. The molecule has 17 heavy (non-hydrogen) atoms. The van der Waals surface area contributed by atoms with Crippen LogP contribution in [0.2, 0.25) is 0 Å². The monoisotopic (exact) mass is 241 g/mol. The smallest absolute Gasteiger partial charge is 0.236 e. The lowest BCUT2D eigenvalue weighted by molar-refractivity contribution is -0.132. The predicted molar refractivity (Wildman–Crippen MR) is 71.0 cm³/mol. The topological polar surface area (TPSA) is 35.6 Å². The van der Waals surface area contributed by atoms with Crippen LogP contribution >= 0.6 is 0 Å². The fourth-order valence-electron chi connectivity index (χ4n) is 2.20. The minimum Gasteiger partial charge on any atom is -0.342 e. The number of hydrogen-bond acceptors (Lipinski definition) is 3. The zero-order chi connectivity index (χ0) is 12.8. The summed E-state index contributed by atoms with van der Waals surface area (Å²) in [7, 11) is 3.93. The highest BCUT2D eigenvalue weighted by Gasteiger charge is 2.18. The van der Waals surface area contributed by atoms with Crippen molar-refractivity contribution in [2.75, 3.05) is 40.3 Å². The number of likely N-dealkylation sites (N-methyl/N-ethyl adjacent to an activating group) is 2. The van der Waals surface area contributed by atoms with Crippen molar-refractivity contribution in [2.45, 2.75) is 32.7 Å². The molecular weight excluding hydrogens is 214 g/mol. The highest BCUT2D eigenvalue weighted by atomic mass is 16.2. The van der Waals surface area contributed by atoms with Gasteiger partial charge in [0, 0.05) is 19.6 Å². The van der Waals surface area contributed by atoms with Crippen LogP contribution in [-0.2, 0) is 4.79 Å². The summed E-state index contributed by atoms with van der Waals surface area (Å²) in [6, 6.07) is 0.287. The maximum absolute atomic E-state index is 11.9. The fourth-order valence-corrected chi connectivity index (χ4v) is 2.20. The van der Waals surface area contributed by atoms with Crippen molar-refractivity contribution < 1.29 is 4.79 Å². The van der Waals surface area contributed by atoms with Crippen LogP contribution in [0.1, 0.15) is 26.7 Å². The van der Waals surface area contributed by atoms with Gasteiger partial charge >= 0.3 is 0 Å². The Balaban J connectivity index is 2.28. The summed E-state index contributed by atoms with van der Waals surface area (Å²) < 4.78 is 0. The Morgan fingerprint density at radius 3 is 2.41 bits per heavy atom. The molecule has 0 aromatic rings. The van der Waals surface area contributed by atoms with Crippen LogP contribution in [0.5, 0.6) is 0 Å². The second kappa shape index (κ2) is 6.97. The summed E-state index contributed by atoms with van der Waals surface area (Å²) >= 11 is 0. The summed E-state index contributed by atoms with van der Waals surface area (Å²) in [5.74, 6) is 0.967. The number of amides is 1. The van der Waals surface area contributed by atoms with E-state index in [1.165, 1.54) is 12.8 Å². The van der Waals surface area contributed by atoms with Crippen LogP contribution in [0.4, 0.5) is 0 Å². The second-order valence-corrected chi connectivity index (χ2v) is 5.49. The van der Waals surface area contributed by atoms with Crippen molar-refractivity contribution in [3.63, 3.8) is 0 Å². The van der Waals surface area contributed by atoms with Crippen LogP contribution in [-0.4, -0.2) is 62.0 Å². The quantitative estimate of drug-likeness (QED) is 0.773. The van der Waals surface area contributed by atoms with Crippen molar-refractivity contribution in [1.82, 2.24) is 15.1 Å². The summed E-state index contributed by atoms with van der Waals surface area (Å²) in [6.07, 6.45) is 2.47. The van der Waals surface area contributed by atoms with Crippen molar-refractivity contribution in [1.29, 1.82) is 0 Å². The number of hydrogen-bond donors (Lipinski definition) is 1. The van der Waals surface area contributed by atoms with Crippen LogP contribution in [0.25, 0.3) is 0 Å². The lowest BCUT2D eigenvalue weighted by Gasteiger charge is -2.29. The van der Waals surface area contributed by atoms with E-state index in [0.717, 1.165) is 25.6 Å². The van der Waals surface area contributed by atoms with Gasteiger partial charge in [0.1, 0.15) is 0 Å². The predicted octanol–water partition coefficient (Wildman–Crippen LogP) is 0.785. The van der Waals surface area contributed by atoms with Crippen molar-refractivity contribution in [3.05, 3.63) is 0 Å². The maximum Gasteiger partial charge on any atom is 0.236 e. The van der Waals surface area contributed by atoms with E-state index in [2.05, 4.69) is 10.2 Å². The van der Waals surface area contributed by atoms with E-state index >= 15 is 0 Å². The Kier molecular flexibility index (Phi) is 5.92. The van der Waals surface area contributed by atoms with Gasteiger partial charge in [-0.25, -0.2) is 0 Å². The molecule has 1 heterocycles. The molecule has 0 aromatic heterocycles.